The summed E-state index contributed by atoms with van der Waals surface area (Å²) in [7, 11) is 0. The molecular formula is C10H10N6S. The van der Waals surface area contributed by atoms with Gasteiger partial charge in [0.05, 0.1) is 27.5 Å². The number of thiazole rings is 1. The van der Waals surface area contributed by atoms with E-state index >= 15 is 0 Å². The van der Waals surface area contributed by atoms with Crippen LogP contribution < -0.4 is 5.73 Å². The average Bonchev–Trinajstić information content (AvgIpc) is 2.96. The lowest BCUT2D eigenvalue weighted by Crippen LogP contribution is -2.13. The first kappa shape index (κ1) is 10.3. The SMILES string of the molecule is CC(N)c1nnnn1-c1ccc2ncsc2c1. The molecule has 2 aromatic heterocycles. The van der Waals surface area contributed by atoms with Crippen LogP contribution in [0.3, 0.4) is 0 Å². The second-order valence-corrected chi connectivity index (χ2v) is 4.63. The summed E-state index contributed by atoms with van der Waals surface area (Å²) in [5.74, 6) is 0.647. The van der Waals surface area contributed by atoms with Gasteiger partial charge in [-0.3, -0.25) is 0 Å². The van der Waals surface area contributed by atoms with Gasteiger partial charge in [0.1, 0.15) is 0 Å². The quantitative estimate of drug-likeness (QED) is 0.736. The molecule has 1 unspecified atom stereocenters. The highest BCUT2D eigenvalue weighted by molar-refractivity contribution is 7.16. The van der Waals surface area contributed by atoms with E-state index in [0.29, 0.717) is 5.82 Å². The van der Waals surface area contributed by atoms with Crippen LogP contribution in [0.25, 0.3) is 15.9 Å². The fraction of sp³-hybridized carbons (Fsp3) is 0.200. The Labute approximate surface area is 101 Å². The van der Waals surface area contributed by atoms with Gasteiger partial charge in [-0.25, -0.2) is 4.98 Å². The maximum atomic E-state index is 5.82. The van der Waals surface area contributed by atoms with Crippen LogP contribution in [0.5, 0.6) is 0 Å². The van der Waals surface area contributed by atoms with Crippen molar-refractivity contribution in [1.29, 1.82) is 0 Å². The molecule has 0 saturated carbocycles. The molecule has 0 saturated heterocycles. The minimum atomic E-state index is -0.206. The van der Waals surface area contributed by atoms with Crippen LogP contribution in [-0.2, 0) is 0 Å². The van der Waals surface area contributed by atoms with Gasteiger partial charge in [-0.05, 0) is 35.5 Å². The molecule has 2 heterocycles. The molecule has 3 rings (SSSR count). The fourth-order valence-corrected chi connectivity index (χ4v) is 2.35. The lowest BCUT2D eigenvalue weighted by molar-refractivity contribution is 0.689. The lowest BCUT2D eigenvalue weighted by Gasteiger charge is -2.06. The third-order valence-electron chi connectivity index (χ3n) is 2.46. The van der Waals surface area contributed by atoms with E-state index in [9.17, 15) is 0 Å². The number of aromatic nitrogens is 5. The molecule has 0 amide bonds. The second kappa shape index (κ2) is 3.86. The number of nitrogens with zero attached hydrogens (tertiary/aromatic N) is 5. The Balaban J connectivity index is 2.16. The van der Waals surface area contributed by atoms with Gasteiger partial charge >= 0.3 is 0 Å². The van der Waals surface area contributed by atoms with Crippen LogP contribution >= 0.6 is 11.3 Å². The molecule has 0 bridgehead atoms. The number of benzene rings is 1. The maximum Gasteiger partial charge on any atom is 0.173 e. The van der Waals surface area contributed by atoms with Crippen molar-refractivity contribution in [1.82, 2.24) is 25.2 Å². The Bertz CT molecular complexity index is 655. The van der Waals surface area contributed by atoms with Gasteiger partial charge in [-0.1, -0.05) is 0 Å². The highest BCUT2D eigenvalue weighted by atomic mass is 32.1. The summed E-state index contributed by atoms with van der Waals surface area (Å²) in [5, 5.41) is 11.5. The number of rotatable bonds is 2. The van der Waals surface area contributed by atoms with Crippen molar-refractivity contribution in [2.45, 2.75) is 13.0 Å². The minimum absolute atomic E-state index is 0.206. The van der Waals surface area contributed by atoms with Crippen molar-refractivity contribution in [3.05, 3.63) is 29.5 Å². The van der Waals surface area contributed by atoms with Crippen LogP contribution in [-0.4, -0.2) is 25.2 Å². The van der Waals surface area contributed by atoms with Gasteiger partial charge < -0.3 is 5.73 Å². The molecule has 2 N–H and O–H groups in total. The molecule has 0 spiro atoms. The van der Waals surface area contributed by atoms with E-state index in [2.05, 4.69) is 20.5 Å². The minimum Gasteiger partial charge on any atom is -0.321 e. The van der Waals surface area contributed by atoms with E-state index in [1.54, 1.807) is 16.0 Å². The van der Waals surface area contributed by atoms with Crippen molar-refractivity contribution in [2.24, 2.45) is 5.73 Å². The van der Waals surface area contributed by atoms with Crippen LogP contribution in [0, 0.1) is 0 Å². The number of nitrogens with two attached hydrogens (primary N) is 1. The zero-order valence-electron chi connectivity index (χ0n) is 9.11. The van der Waals surface area contributed by atoms with E-state index < -0.39 is 0 Å². The first-order chi connectivity index (χ1) is 8.25. The van der Waals surface area contributed by atoms with Crippen molar-refractivity contribution in [3.8, 4) is 5.69 Å². The molecule has 7 heteroatoms. The average molecular weight is 246 g/mol. The molecule has 0 aliphatic carbocycles. The Kier molecular flexibility index (Phi) is 2.34. The third-order valence-corrected chi connectivity index (χ3v) is 3.25. The Hall–Kier alpha value is -1.86. The highest BCUT2D eigenvalue weighted by Crippen LogP contribution is 2.21. The van der Waals surface area contributed by atoms with Crippen molar-refractivity contribution in [3.63, 3.8) is 0 Å². The topological polar surface area (TPSA) is 82.5 Å². The fourth-order valence-electron chi connectivity index (χ4n) is 1.64. The van der Waals surface area contributed by atoms with Crippen LogP contribution in [0.15, 0.2) is 23.7 Å². The molecule has 0 aliphatic heterocycles. The van der Waals surface area contributed by atoms with E-state index in [0.717, 1.165) is 15.9 Å². The van der Waals surface area contributed by atoms with E-state index in [1.807, 2.05) is 30.6 Å². The van der Waals surface area contributed by atoms with Crippen LogP contribution in [0.2, 0.25) is 0 Å². The number of hydrogen-bond acceptors (Lipinski definition) is 6. The highest BCUT2D eigenvalue weighted by Gasteiger charge is 2.12. The molecule has 3 aromatic rings. The summed E-state index contributed by atoms with van der Waals surface area (Å²) in [5.41, 5.74) is 9.52. The van der Waals surface area contributed by atoms with E-state index in [-0.39, 0.29) is 6.04 Å². The smallest absolute Gasteiger partial charge is 0.173 e. The Morgan fingerprint density at radius 2 is 2.29 bits per heavy atom. The van der Waals surface area contributed by atoms with Crippen LogP contribution in [0.4, 0.5) is 0 Å². The molecule has 86 valence electrons. The first-order valence-corrected chi connectivity index (χ1v) is 6.01. The third kappa shape index (κ3) is 1.69. The predicted octanol–water partition coefficient (Wildman–Crippen LogP) is 1.29. The normalized spacial score (nSPS) is 13.1. The molecule has 1 atom stereocenters. The number of fused-ring (bicyclic) bond motifs is 1. The van der Waals surface area contributed by atoms with Crippen molar-refractivity contribution >= 4 is 21.6 Å². The summed E-state index contributed by atoms with van der Waals surface area (Å²) >= 11 is 1.59. The summed E-state index contributed by atoms with van der Waals surface area (Å²) in [6, 6.07) is 5.69. The summed E-state index contributed by atoms with van der Waals surface area (Å²) in [4.78, 5) is 4.23. The standard InChI is InChI=1S/C10H10N6S/c1-6(11)10-13-14-15-16(10)7-2-3-8-9(4-7)17-5-12-8/h2-6H,11H2,1H3. The number of tetrazole rings is 1. The first-order valence-electron chi connectivity index (χ1n) is 5.13. The van der Waals surface area contributed by atoms with Gasteiger partial charge in [-0.2, -0.15) is 4.68 Å². The maximum absolute atomic E-state index is 5.82. The van der Waals surface area contributed by atoms with Gasteiger partial charge in [0.15, 0.2) is 5.82 Å². The predicted molar refractivity (Wildman–Crippen MR) is 64.9 cm³/mol. The second-order valence-electron chi connectivity index (χ2n) is 3.74. The molecular weight excluding hydrogens is 236 g/mol. The largest absolute Gasteiger partial charge is 0.321 e. The zero-order valence-corrected chi connectivity index (χ0v) is 9.92. The summed E-state index contributed by atoms with van der Waals surface area (Å²) < 4.78 is 2.76. The zero-order chi connectivity index (χ0) is 11.8. The lowest BCUT2D eigenvalue weighted by atomic mass is 10.3. The van der Waals surface area contributed by atoms with Gasteiger partial charge in [0.25, 0.3) is 0 Å². The van der Waals surface area contributed by atoms with E-state index in [1.165, 1.54) is 0 Å². The molecule has 0 aliphatic rings. The monoisotopic (exact) mass is 246 g/mol. The molecule has 17 heavy (non-hydrogen) atoms. The summed E-state index contributed by atoms with van der Waals surface area (Å²) in [6.45, 7) is 1.85. The molecule has 0 radical (unpaired) electrons. The van der Waals surface area contributed by atoms with E-state index in [4.69, 9.17) is 5.73 Å². The number of hydrogen-bond donors (Lipinski definition) is 1. The van der Waals surface area contributed by atoms with Gasteiger partial charge in [0, 0.05) is 0 Å². The molecule has 6 nitrogen and oxygen atoms in total. The molecule has 0 fully saturated rings. The van der Waals surface area contributed by atoms with Crippen molar-refractivity contribution in [2.75, 3.05) is 0 Å². The van der Waals surface area contributed by atoms with Gasteiger partial charge in [0.2, 0.25) is 0 Å². The molecule has 1 aromatic carbocycles. The van der Waals surface area contributed by atoms with Crippen molar-refractivity contribution < 1.29 is 0 Å². The van der Waals surface area contributed by atoms with Crippen LogP contribution in [0.1, 0.15) is 18.8 Å². The van der Waals surface area contributed by atoms with Gasteiger partial charge in [-0.15, -0.1) is 16.4 Å². The summed E-state index contributed by atoms with van der Waals surface area (Å²) in [6.07, 6.45) is 0. The Morgan fingerprint density at radius 1 is 1.41 bits per heavy atom. The Morgan fingerprint density at radius 3 is 3.12 bits per heavy atom.